The Morgan fingerprint density at radius 3 is 0.912 bits per heavy atom. The molecule has 68 heavy (non-hydrogen) atoms. The van der Waals surface area contributed by atoms with Gasteiger partial charge in [-0.15, -0.1) is 0 Å². The third kappa shape index (κ3) is 12.5. The molecule has 0 radical (unpaired) electrons. The number of hydrogen-bond donors (Lipinski definition) is 0. The van der Waals surface area contributed by atoms with Gasteiger partial charge in [0, 0.05) is 122 Å². The van der Waals surface area contributed by atoms with E-state index in [2.05, 4.69) is 79.6 Å². The van der Waals surface area contributed by atoms with Gasteiger partial charge in [0.25, 0.3) is 0 Å². The topological polar surface area (TPSA) is 145 Å². The Balaban J connectivity index is 0.000000617. The summed E-state index contributed by atoms with van der Waals surface area (Å²) in [5.41, 5.74) is 17.2. The van der Waals surface area contributed by atoms with Gasteiger partial charge < -0.3 is 28.3 Å². The van der Waals surface area contributed by atoms with Crippen molar-refractivity contribution in [1.82, 2.24) is 10.3 Å². The average molecular weight is 1390 g/mol. The first kappa shape index (κ1) is 62.9. The quantitative estimate of drug-likeness (QED) is 0.156. The number of ether oxygens (including phenoxy) is 2. The first-order valence-corrected chi connectivity index (χ1v) is 23.7. The Morgan fingerprint density at radius 2 is 0.691 bits per heavy atom. The Bertz CT molecular complexity index is 2200. The van der Waals surface area contributed by atoms with E-state index in [1.54, 1.807) is 9.80 Å². The molecule has 2 aliphatic carbocycles. The van der Waals surface area contributed by atoms with Crippen molar-refractivity contribution >= 4 is 35.1 Å². The van der Waals surface area contributed by atoms with Crippen LogP contribution in [-0.4, -0.2) is 62.4 Å². The predicted octanol–water partition coefficient (Wildman–Crippen LogP) is 11.6. The molecule has 2 heterocycles. The molecule has 4 aromatic rings. The third-order valence-electron chi connectivity index (χ3n) is 15.2. The molecule has 2 aliphatic rings. The number of carbonyl (C=O) groups is 4. The number of methoxy groups -OCH3 is 2. The molecule has 14 heteroatoms. The van der Waals surface area contributed by atoms with Crippen LogP contribution >= 0.6 is 0 Å². The number of nitrogens with zero attached hydrogens (tertiary/aromatic N) is 4. The van der Waals surface area contributed by atoms with Gasteiger partial charge in [-0.1, -0.05) is 38.0 Å². The molecule has 6 atom stereocenters. The number of aryl methyl sites for hydroxylation is 2. The van der Waals surface area contributed by atoms with Crippen molar-refractivity contribution in [3.8, 4) is 0 Å². The van der Waals surface area contributed by atoms with Crippen LogP contribution in [0.1, 0.15) is 155 Å². The standard InChI is InChI=1S/2C25H34N2O4.2C2H6.2U/c2*1-12-13(2)15(4)23(16(5)14(12)3)27(8)24(28)21-11-19(25(29)30-9)10-20(21)22-17(6)18(7)31-26-22;2*1-2;;/h2*19-21H,10-11H2,1-9H3;2*1-2H3;;/t19?,20-,21?;19-,20+,21+;;;;/m11..../s1. The van der Waals surface area contributed by atoms with Crippen LogP contribution in [0.5, 0.6) is 0 Å². The zero-order valence-electron chi connectivity index (χ0n) is 45.3. The van der Waals surface area contributed by atoms with E-state index in [1.165, 1.54) is 47.6 Å². The van der Waals surface area contributed by atoms with Gasteiger partial charge in [0.1, 0.15) is 11.5 Å². The Labute approximate surface area is 455 Å². The number of carbonyl (C=O) groups excluding carboxylic acids is 4. The second-order valence-corrected chi connectivity index (χ2v) is 18.0. The van der Waals surface area contributed by atoms with Crippen LogP contribution in [0.4, 0.5) is 11.4 Å². The molecule has 2 saturated carbocycles. The van der Waals surface area contributed by atoms with E-state index < -0.39 is 0 Å². The maximum absolute atomic E-state index is 13.8. The van der Waals surface area contributed by atoms with Gasteiger partial charge in [0.15, 0.2) is 0 Å². The van der Waals surface area contributed by atoms with E-state index >= 15 is 0 Å². The van der Waals surface area contributed by atoms with Gasteiger partial charge in [0.2, 0.25) is 11.8 Å². The van der Waals surface area contributed by atoms with Crippen molar-refractivity contribution in [3.63, 3.8) is 0 Å². The number of aromatic nitrogens is 2. The molecule has 0 bridgehead atoms. The number of hydrogen-bond acceptors (Lipinski definition) is 10. The Kier molecular flexibility index (Phi) is 24.9. The molecule has 2 unspecified atom stereocenters. The molecular formula is C54H80N4O8U2. The van der Waals surface area contributed by atoms with Crippen LogP contribution < -0.4 is 9.80 Å². The smallest absolute Gasteiger partial charge is 0.308 e. The summed E-state index contributed by atoms with van der Waals surface area (Å²) in [5, 5.41) is 8.52. The van der Waals surface area contributed by atoms with Gasteiger partial charge in [0.05, 0.1) is 37.4 Å². The number of rotatable bonds is 8. The summed E-state index contributed by atoms with van der Waals surface area (Å²) in [4.78, 5) is 55.9. The van der Waals surface area contributed by atoms with Crippen molar-refractivity contribution in [1.29, 1.82) is 0 Å². The van der Waals surface area contributed by atoms with Gasteiger partial charge in [-0.2, -0.15) is 0 Å². The molecule has 0 N–H and O–H groups in total. The first-order chi connectivity index (χ1) is 31.0. The van der Waals surface area contributed by atoms with Crippen molar-refractivity contribution in [2.24, 2.45) is 23.7 Å². The van der Waals surface area contributed by atoms with E-state index in [1.807, 2.05) is 69.5 Å². The molecule has 2 aromatic carbocycles. The summed E-state index contributed by atoms with van der Waals surface area (Å²) in [6.07, 6.45) is 1.98. The minimum absolute atomic E-state index is 0. The van der Waals surface area contributed by atoms with Gasteiger partial charge >= 0.3 is 11.9 Å². The third-order valence-corrected chi connectivity index (χ3v) is 15.2. The minimum atomic E-state index is -0.363. The zero-order valence-corrected chi connectivity index (χ0v) is 53.7. The fourth-order valence-electron chi connectivity index (χ4n) is 10.2. The normalized spacial score (nSPS) is 19.1. The second kappa shape index (κ2) is 26.9. The van der Waals surface area contributed by atoms with Crippen LogP contribution in [0.2, 0.25) is 0 Å². The molecule has 2 aromatic heterocycles. The zero-order chi connectivity index (χ0) is 50.4. The molecule has 0 saturated heterocycles. The molecule has 6 rings (SSSR count). The molecule has 0 spiro atoms. The van der Waals surface area contributed by atoms with Crippen LogP contribution in [0.3, 0.4) is 0 Å². The van der Waals surface area contributed by atoms with Crippen LogP contribution in [0, 0.1) is 183 Å². The predicted molar refractivity (Wildman–Crippen MR) is 264 cm³/mol. The summed E-state index contributed by atoms with van der Waals surface area (Å²) >= 11 is 0. The summed E-state index contributed by atoms with van der Waals surface area (Å²) < 4.78 is 20.8. The average Bonchev–Trinajstić information content (AvgIpc) is 4.12. The monoisotopic (exact) mass is 1390 g/mol. The number of anilines is 2. The van der Waals surface area contributed by atoms with E-state index in [-0.39, 0.29) is 121 Å². The van der Waals surface area contributed by atoms with E-state index in [4.69, 9.17) is 18.5 Å². The molecule has 12 nitrogen and oxygen atoms in total. The minimum Gasteiger partial charge on any atom is -0.469 e. The van der Waals surface area contributed by atoms with Crippen molar-refractivity contribution in [2.75, 3.05) is 38.1 Å². The Hall–Kier alpha value is -3.16. The van der Waals surface area contributed by atoms with Crippen molar-refractivity contribution in [3.05, 3.63) is 89.7 Å². The SMILES string of the molecule is CC.CC.COC(=O)C1CC(C(=O)N(C)c2c(C)c(C)c(C)c(C)c2C)[C@H](c2noc(C)c2C)C1.COC(=O)[C@H]1C[C@H](C(=O)N(C)c2c(C)c(C)c(C)c(C)c2C)[C@@H](c2noc(C)c2C)C1.[U].[U]. The molecular weight excluding hydrogens is 1310 g/mol. The van der Waals surface area contributed by atoms with Gasteiger partial charge in [-0.25, -0.2) is 0 Å². The van der Waals surface area contributed by atoms with E-state index in [0.717, 1.165) is 67.7 Å². The molecule has 372 valence electrons. The second-order valence-electron chi connectivity index (χ2n) is 18.0. The number of esters is 2. The van der Waals surface area contributed by atoms with E-state index in [9.17, 15) is 19.2 Å². The Morgan fingerprint density at radius 1 is 0.441 bits per heavy atom. The van der Waals surface area contributed by atoms with Crippen LogP contribution in [0.15, 0.2) is 9.05 Å². The summed E-state index contributed by atoms with van der Waals surface area (Å²) in [7, 11) is 6.48. The van der Waals surface area contributed by atoms with Gasteiger partial charge in [-0.05, 0) is 178 Å². The fourth-order valence-corrected chi connectivity index (χ4v) is 10.2. The van der Waals surface area contributed by atoms with E-state index in [0.29, 0.717) is 25.7 Å². The fraction of sp³-hybridized carbons (Fsp3) is 0.593. The van der Waals surface area contributed by atoms with Gasteiger partial charge in [-0.3, -0.25) is 19.2 Å². The molecule has 0 aliphatic heterocycles. The summed E-state index contributed by atoms with van der Waals surface area (Å²) in [6.45, 7) is 36.6. The first-order valence-electron chi connectivity index (χ1n) is 23.7. The summed E-state index contributed by atoms with van der Waals surface area (Å²) in [5.74, 6) is -0.762. The van der Waals surface area contributed by atoms with Crippen molar-refractivity contribution in [2.45, 2.75) is 162 Å². The maximum atomic E-state index is 13.8. The van der Waals surface area contributed by atoms with Crippen LogP contribution in [-0.2, 0) is 28.7 Å². The maximum Gasteiger partial charge on any atom is 0.308 e. The molecule has 2 fully saturated rings. The largest absolute Gasteiger partial charge is 0.469 e. The van der Waals surface area contributed by atoms with Crippen LogP contribution in [0.25, 0.3) is 0 Å². The number of amides is 2. The summed E-state index contributed by atoms with van der Waals surface area (Å²) in [6, 6.07) is 0. The van der Waals surface area contributed by atoms with Crippen molar-refractivity contribution < 1.29 is 99.9 Å². The number of benzene rings is 2. The molecule has 2 amide bonds.